The lowest BCUT2D eigenvalue weighted by molar-refractivity contribution is -0.160. The van der Waals surface area contributed by atoms with E-state index in [2.05, 4.69) is 38.1 Å². The number of carbonyl (C=O) groups excluding carboxylic acids is 4. The SMILES string of the molecule is COc1cc(/C=C2/C(C)=C(CC(=O)NCC3=CC=NC3)c3cc(F)ccc32)cc(OC)c1CC(=O)O.COc1cc(/C=C2/C(C)=C(CC(=O)NCc3ccco3)c3cc(F)ccc32)ccc1NCC(=O)OC1CN(C)CCN1C.COc1ccc2c(c1)C(CC(=O)NCc1ccco1)=C(C)C2Cc1cc(OC)c(CC(=O)O)c(OC)c1. The number of methoxy groups -OCH3 is 6. The zero-order valence-corrected chi connectivity index (χ0v) is 66.7. The first kappa shape index (κ1) is 84.1. The Kier molecular flexibility index (Phi) is 28.1. The Labute approximate surface area is 671 Å². The van der Waals surface area contributed by atoms with E-state index in [1.165, 1.54) is 52.7 Å². The number of likely N-dealkylation sites (N-methyl/N-ethyl adjacent to an activating group) is 2. The number of piperazine rings is 1. The summed E-state index contributed by atoms with van der Waals surface area (Å²) in [4.78, 5) is 82.0. The second kappa shape index (κ2) is 38.8. The number of carboxylic acid groups (broad SMARTS) is 2. The fraction of sp³-hybridized carbons (Fsp3) is 0.300. The van der Waals surface area contributed by atoms with Gasteiger partial charge in [-0.25, -0.2) is 8.78 Å². The van der Waals surface area contributed by atoms with Gasteiger partial charge in [-0.2, -0.15) is 0 Å². The second-order valence-electron chi connectivity index (χ2n) is 28.4. The third-order valence-corrected chi connectivity index (χ3v) is 20.9. The first-order valence-corrected chi connectivity index (χ1v) is 37.6. The number of hydrogen-bond donors (Lipinski definition) is 6. The van der Waals surface area contributed by atoms with E-state index in [-0.39, 0.29) is 92.7 Å². The predicted octanol–water partition coefficient (Wildman–Crippen LogP) is 13.7. The number of esters is 1. The molecule has 2 atom stereocenters. The highest BCUT2D eigenvalue weighted by molar-refractivity contribution is 6.10. The quantitative estimate of drug-likeness (QED) is 0.0228. The molecule has 5 aliphatic rings. The molecule has 6 N–H and O–H groups in total. The zero-order valence-electron chi connectivity index (χ0n) is 66.7. The molecule has 606 valence electrons. The second-order valence-corrected chi connectivity index (χ2v) is 28.4. The van der Waals surface area contributed by atoms with Crippen molar-refractivity contribution in [1.29, 1.82) is 0 Å². The van der Waals surface area contributed by atoms with Crippen LogP contribution in [-0.2, 0) is 65.9 Å². The molecular formula is C90H95F2N7O17. The number of fused-ring (bicyclic) bond motifs is 3. The van der Waals surface area contributed by atoms with Crippen molar-refractivity contribution in [2.45, 2.75) is 84.5 Å². The number of furan rings is 2. The van der Waals surface area contributed by atoms with E-state index in [4.69, 9.17) is 42.0 Å². The molecule has 2 aliphatic heterocycles. The molecule has 24 nitrogen and oxygen atoms in total. The van der Waals surface area contributed by atoms with Gasteiger partial charge in [0.15, 0.2) is 6.23 Å². The number of amides is 3. The molecule has 1 fully saturated rings. The molecule has 2 aromatic heterocycles. The maximum atomic E-state index is 14.3. The van der Waals surface area contributed by atoms with Crippen molar-refractivity contribution in [2.75, 3.05) is 101 Å². The van der Waals surface area contributed by atoms with Crippen molar-refractivity contribution in [3.63, 3.8) is 0 Å². The Morgan fingerprint density at radius 2 is 1.07 bits per heavy atom. The van der Waals surface area contributed by atoms with Gasteiger partial charge in [0.05, 0.1) is 113 Å². The number of benzene rings is 6. The van der Waals surface area contributed by atoms with Crippen molar-refractivity contribution in [1.82, 2.24) is 25.8 Å². The summed E-state index contributed by atoms with van der Waals surface area (Å²) in [6.07, 6.45) is 11.0. The largest absolute Gasteiger partial charge is 0.497 e. The number of nitrogens with zero attached hydrogens (tertiary/aromatic N) is 3. The first-order valence-electron chi connectivity index (χ1n) is 37.6. The molecular weight excluding hydrogens is 1490 g/mol. The van der Waals surface area contributed by atoms with Crippen molar-refractivity contribution in [2.24, 2.45) is 4.99 Å². The number of allylic oxidation sites excluding steroid dienone is 6. The number of aliphatic carboxylic acids is 2. The first-order chi connectivity index (χ1) is 55.8. The van der Waals surface area contributed by atoms with Gasteiger partial charge in [0.2, 0.25) is 17.7 Å². The lowest BCUT2D eigenvalue weighted by Gasteiger charge is -2.36. The monoisotopic (exact) mass is 1580 g/mol. The van der Waals surface area contributed by atoms with Gasteiger partial charge in [-0.05, 0) is 251 Å². The number of ether oxygens (including phenoxy) is 7. The Hall–Kier alpha value is -12.8. The number of carboxylic acids is 2. The molecule has 4 heterocycles. The lowest BCUT2D eigenvalue weighted by Crippen LogP contribution is -2.52. The minimum atomic E-state index is -0.997. The molecule has 0 saturated carbocycles. The van der Waals surface area contributed by atoms with E-state index >= 15 is 0 Å². The van der Waals surface area contributed by atoms with Gasteiger partial charge in [-0.15, -0.1) is 0 Å². The fourth-order valence-corrected chi connectivity index (χ4v) is 14.8. The van der Waals surface area contributed by atoms with Crippen LogP contribution in [0.4, 0.5) is 14.5 Å². The highest BCUT2D eigenvalue weighted by Gasteiger charge is 2.34. The number of hydrogen-bond acceptors (Lipinski definition) is 19. The standard InChI is InChI=1S/C33H37FN4O5.C29H31NO7.C28H27FN2O5/c1-21-26(25-9-8-23(34)16-28(25)27(21)17-31(39)36-18-24-6-5-13-42-24)14-22-7-10-29(30(15-22)41-4)35-19-33(40)43-32-20-37(2)11-12-38(32)3;1-17-22(10-18-11-26(35-3)25(15-29(32)33)27(12-18)36-4)21-8-7-19(34-2)13-24(21)23(17)14-28(31)30-16-20-6-5-9-37-20;1-16-21(8-18-9-25(35-2)24(13-28(33)34)26(10-18)36-3)20-5-4-19(29)11-23(20)22(16)12-27(32)31-15-17-6-7-30-14-17/h5-10,13-16,32,35H,11-12,17-20H2,1-4H3,(H,36,39);5-9,11-13,22H,10,14-16H2,1-4H3,(H,30,31)(H,32,33);4-11H,12-15H2,1-3H3,(H,31,32)(H,33,34)/b26-14-;;21-8-. The van der Waals surface area contributed by atoms with Gasteiger partial charge < -0.3 is 78.4 Å². The number of nitrogens with one attached hydrogen (secondary N) is 4. The van der Waals surface area contributed by atoms with Crippen molar-refractivity contribution >= 4 is 87.5 Å². The molecule has 26 heteroatoms. The summed E-state index contributed by atoms with van der Waals surface area (Å²) in [6, 6.07) is 35.2. The van der Waals surface area contributed by atoms with E-state index in [0.717, 1.165) is 108 Å². The Bertz CT molecular complexity index is 5200. The number of anilines is 1. The van der Waals surface area contributed by atoms with E-state index in [0.29, 0.717) is 101 Å². The van der Waals surface area contributed by atoms with Gasteiger partial charge in [0, 0.05) is 49.4 Å². The van der Waals surface area contributed by atoms with Crippen LogP contribution in [0.3, 0.4) is 0 Å². The summed E-state index contributed by atoms with van der Waals surface area (Å²) in [5.41, 5.74) is 17.4. The van der Waals surface area contributed by atoms with Gasteiger partial charge in [0.25, 0.3) is 0 Å². The molecule has 13 rings (SSSR count). The predicted molar refractivity (Wildman–Crippen MR) is 438 cm³/mol. The Morgan fingerprint density at radius 3 is 1.57 bits per heavy atom. The maximum absolute atomic E-state index is 14.3. The normalized spacial score (nSPS) is 16.0. The Balaban J connectivity index is 0.000000172. The summed E-state index contributed by atoms with van der Waals surface area (Å²) in [6.45, 7) is 9.95. The van der Waals surface area contributed by atoms with Crippen molar-refractivity contribution in [3.8, 4) is 34.5 Å². The molecule has 2 unspecified atom stereocenters. The van der Waals surface area contributed by atoms with Gasteiger partial charge in [-0.1, -0.05) is 29.8 Å². The average Bonchev–Trinajstić information content (AvgIpc) is 1.62. The molecule has 116 heavy (non-hydrogen) atoms. The van der Waals surface area contributed by atoms with Crippen LogP contribution in [0.15, 0.2) is 176 Å². The van der Waals surface area contributed by atoms with Crippen LogP contribution in [0.25, 0.3) is 40.0 Å². The molecule has 0 radical (unpaired) electrons. The summed E-state index contributed by atoms with van der Waals surface area (Å²) in [5, 5.41) is 30.4. The molecule has 0 spiro atoms. The van der Waals surface area contributed by atoms with Crippen LogP contribution in [0.5, 0.6) is 34.5 Å². The van der Waals surface area contributed by atoms with Gasteiger partial charge in [-0.3, -0.25) is 38.7 Å². The third-order valence-electron chi connectivity index (χ3n) is 20.9. The highest BCUT2D eigenvalue weighted by Crippen LogP contribution is 2.49. The van der Waals surface area contributed by atoms with E-state index in [9.17, 15) is 47.8 Å². The summed E-state index contributed by atoms with van der Waals surface area (Å²) < 4.78 is 77.8. The number of aliphatic imine (C=N–C) groups is 1. The van der Waals surface area contributed by atoms with Crippen LogP contribution in [0, 0.1) is 11.6 Å². The molecule has 1 saturated heterocycles. The van der Waals surface area contributed by atoms with Crippen LogP contribution < -0.4 is 49.7 Å². The zero-order chi connectivity index (χ0) is 82.9. The fourth-order valence-electron chi connectivity index (χ4n) is 14.8. The molecule has 6 aromatic carbocycles. The molecule has 3 aliphatic carbocycles. The average molecular weight is 1580 g/mol. The summed E-state index contributed by atoms with van der Waals surface area (Å²) in [5.74, 6) is 0.920. The smallest absolute Gasteiger partial charge is 0.326 e. The highest BCUT2D eigenvalue weighted by atomic mass is 19.1. The van der Waals surface area contributed by atoms with Gasteiger partial charge in [0.1, 0.15) is 64.2 Å². The number of carbonyl (C=O) groups is 6. The minimum absolute atomic E-state index is 0.00299. The van der Waals surface area contributed by atoms with Crippen LogP contribution in [-0.4, -0.2) is 164 Å². The molecule has 3 amide bonds. The number of halogens is 2. The maximum Gasteiger partial charge on any atom is 0.326 e. The van der Waals surface area contributed by atoms with E-state index in [1.54, 1.807) is 75.4 Å². The third kappa shape index (κ3) is 20.8. The number of rotatable bonds is 30. The Morgan fingerprint density at radius 1 is 0.552 bits per heavy atom. The van der Waals surface area contributed by atoms with Gasteiger partial charge >= 0.3 is 17.9 Å². The van der Waals surface area contributed by atoms with Crippen molar-refractivity contribution < 1.29 is 89.8 Å². The lowest BCUT2D eigenvalue weighted by atomic mass is 9.89. The van der Waals surface area contributed by atoms with Crippen molar-refractivity contribution in [3.05, 3.63) is 247 Å². The summed E-state index contributed by atoms with van der Waals surface area (Å²) >= 11 is 0. The topological polar surface area (TPSA) is 301 Å². The van der Waals surface area contributed by atoms with Crippen LogP contribution >= 0.6 is 0 Å². The summed E-state index contributed by atoms with van der Waals surface area (Å²) in [7, 11) is 13.1. The van der Waals surface area contributed by atoms with Crippen LogP contribution in [0.2, 0.25) is 0 Å². The van der Waals surface area contributed by atoms with E-state index < -0.39 is 11.9 Å². The molecule has 0 bridgehead atoms. The van der Waals surface area contributed by atoms with E-state index in [1.807, 2.05) is 106 Å². The van der Waals surface area contributed by atoms with Crippen LogP contribution in [0.1, 0.15) is 119 Å². The molecule has 8 aromatic rings. The minimum Gasteiger partial charge on any atom is -0.497 e.